The third-order valence-electron chi connectivity index (χ3n) is 5.78. The number of rotatable bonds is 4. The molecule has 0 radical (unpaired) electrons. The maximum atomic E-state index is 10.8. The molecule has 96 valence electrons. The summed E-state index contributed by atoms with van der Waals surface area (Å²) < 4.78 is 0. The SMILES string of the molecule is CC(CN)(NC=O)C1C2CC3CC(C2)CC1C3. The number of nitrogens with two attached hydrogens (primary N) is 1. The number of carbonyl (C=O) groups is 1. The molecular formula is C14H24N2O. The molecule has 1 atom stereocenters. The van der Waals surface area contributed by atoms with Crippen LogP contribution in [0.25, 0.3) is 0 Å². The highest BCUT2D eigenvalue weighted by Crippen LogP contribution is 2.58. The van der Waals surface area contributed by atoms with Crippen LogP contribution in [0.3, 0.4) is 0 Å². The molecule has 17 heavy (non-hydrogen) atoms. The second-order valence-electron chi connectivity index (χ2n) is 6.84. The van der Waals surface area contributed by atoms with Crippen LogP contribution in [-0.2, 0) is 4.79 Å². The lowest BCUT2D eigenvalue weighted by molar-refractivity contribution is -0.115. The number of nitrogens with one attached hydrogen (secondary N) is 1. The summed E-state index contributed by atoms with van der Waals surface area (Å²) in [6, 6.07) is 0. The molecule has 0 aromatic rings. The molecule has 4 saturated carbocycles. The molecule has 1 amide bonds. The van der Waals surface area contributed by atoms with Crippen LogP contribution in [0.2, 0.25) is 0 Å². The van der Waals surface area contributed by atoms with Crippen molar-refractivity contribution in [2.24, 2.45) is 35.3 Å². The zero-order chi connectivity index (χ0) is 12.0. The highest BCUT2D eigenvalue weighted by molar-refractivity contribution is 5.48. The van der Waals surface area contributed by atoms with Gasteiger partial charge < -0.3 is 11.1 Å². The Kier molecular flexibility index (Phi) is 2.69. The van der Waals surface area contributed by atoms with E-state index in [1.165, 1.54) is 32.1 Å². The molecule has 0 aromatic heterocycles. The Bertz CT molecular complexity index is 289. The second-order valence-corrected chi connectivity index (χ2v) is 6.84. The van der Waals surface area contributed by atoms with Crippen LogP contribution in [0.4, 0.5) is 0 Å². The predicted molar refractivity (Wildman–Crippen MR) is 67.2 cm³/mol. The van der Waals surface area contributed by atoms with Crippen molar-refractivity contribution in [3.8, 4) is 0 Å². The van der Waals surface area contributed by atoms with E-state index in [-0.39, 0.29) is 5.54 Å². The van der Waals surface area contributed by atoms with Crippen molar-refractivity contribution in [2.75, 3.05) is 6.54 Å². The molecule has 0 heterocycles. The van der Waals surface area contributed by atoms with Gasteiger partial charge >= 0.3 is 0 Å². The highest BCUT2D eigenvalue weighted by Gasteiger charge is 2.53. The molecule has 4 aliphatic carbocycles. The Balaban J connectivity index is 1.85. The quantitative estimate of drug-likeness (QED) is 0.727. The fraction of sp³-hybridized carbons (Fsp3) is 0.929. The number of hydrogen-bond acceptors (Lipinski definition) is 2. The molecule has 0 aliphatic heterocycles. The fourth-order valence-corrected chi connectivity index (χ4v) is 5.39. The lowest BCUT2D eigenvalue weighted by Gasteiger charge is -2.59. The Labute approximate surface area is 104 Å². The number of carbonyl (C=O) groups excluding carboxylic acids is 1. The Hall–Kier alpha value is -0.570. The molecule has 4 bridgehead atoms. The van der Waals surface area contributed by atoms with Crippen molar-refractivity contribution >= 4 is 6.41 Å². The Morgan fingerprint density at radius 3 is 2.12 bits per heavy atom. The van der Waals surface area contributed by atoms with E-state index >= 15 is 0 Å². The Morgan fingerprint density at radius 2 is 1.71 bits per heavy atom. The van der Waals surface area contributed by atoms with Gasteiger partial charge in [0.05, 0.1) is 5.54 Å². The third kappa shape index (κ3) is 1.70. The summed E-state index contributed by atoms with van der Waals surface area (Å²) in [5.41, 5.74) is 5.78. The summed E-state index contributed by atoms with van der Waals surface area (Å²) in [6.07, 6.45) is 7.85. The number of amides is 1. The van der Waals surface area contributed by atoms with Gasteiger partial charge in [0.25, 0.3) is 0 Å². The zero-order valence-corrected chi connectivity index (χ0v) is 10.7. The standard InChI is InChI=1S/C14H24N2O/c1-14(7-15,16-8-17)13-11-3-9-2-10(5-11)6-12(13)4-9/h8-13H,2-7,15H2,1H3,(H,16,17). The second kappa shape index (κ2) is 3.98. The summed E-state index contributed by atoms with van der Waals surface area (Å²) in [6.45, 7) is 2.72. The minimum Gasteiger partial charge on any atom is -0.352 e. The van der Waals surface area contributed by atoms with Gasteiger partial charge in [0.2, 0.25) is 6.41 Å². The van der Waals surface area contributed by atoms with Gasteiger partial charge in [-0.05, 0) is 68.6 Å². The molecule has 0 aromatic carbocycles. The zero-order valence-electron chi connectivity index (χ0n) is 10.7. The summed E-state index contributed by atoms with van der Waals surface area (Å²) in [7, 11) is 0. The average molecular weight is 236 g/mol. The first kappa shape index (κ1) is 11.5. The molecule has 0 spiro atoms. The van der Waals surface area contributed by atoms with Gasteiger partial charge in [-0.1, -0.05) is 0 Å². The topological polar surface area (TPSA) is 55.1 Å². The van der Waals surface area contributed by atoms with Crippen LogP contribution in [0, 0.1) is 29.6 Å². The fourth-order valence-electron chi connectivity index (χ4n) is 5.39. The summed E-state index contributed by atoms with van der Waals surface area (Å²) >= 11 is 0. The van der Waals surface area contributed by atoms with Crippen molar-refractivity contribution in [1.29, 1.82) is 0 Å². The molecule has 0 saturated heterocycles. The lowest BCUT2D eigenvalue weighted by atomic mass is 9.48. The van der Waals surface area contributed by atoms with E-state index in [4.69, 9.17) is 5.73 Å². The van der Waals surface area contributed by atoms with Crippen LogP contribution in [0.5, 0.6) is 0 Å². The summed E-state index contributed by atoms with van der Waals surface area (Å²) in [5.74, 6) is 4.20. The molecule has 3 N–H and O–H groups in total. The van der Waals surface area contributed by atoms with Crippen LogP contribution in [0.15, 0.2) is 0 Å². The predicted octanol–water partition coefficient (Wildman–Crippen LogP) is 1.52. The first-order valence-corrected chi connectivity index (χ1v) is 7.07. The largest absolute Gasteiger partial charge is 0.352 e. The van der Waals surface area contributed by atoms with E-state index in [1.807, 2.05) is 0 Å². The molecule has 3 nitrogen and oxygen atoms in total. The van der Waals surface area contributed by atoms with Gasteiger partial charge in [-0.25, -0.2) is 0 Å². The van der Waals surface area contributed by atoms with Crippen LogP contribution in [0.1, 0.15) is 39.0 Å². The molecular weight excluding hydrogens is 212 g/mol. The van der Waals surface area contributed by atoms with Crippen molar-refractivity contribution < 1.29 is 4.79 Å². The molecule has 4 rings (SSSR count). The highest BCUT2D eigenvalue weighted by atomic mass is 16.1. The van der Waals surface area contributed by atoms with Crippen molar-refractivity contribution in [1.82, 2.24) is 5.32 Å². The monoisotopic (exact) mass is 236 g/mol. The lowest BCUT2D eigenvalue weighted by Crippen LogP contribution is -2.62. The van der Waals surface area contributed by atoms with E-state index < -0.39 is 0 Å². The van der Waals surface area contributed by atoms with Crippen LogP contribution < -0.4 is 11.1 Å². The van der Waals surface area contributed by atoms with E-state index in [9.17, 15) is 4.79 Å². The molecule has 3 heteroatoms. The first-order valence-electron chi connectivity index (χ1n) is 7.07. The van der Waals surface area contributed by atoms with E-state index in [1.54, 1.807) is 0 Å². The minimum atomic E-state index is -0.176. The first-order chi connectivity index (χ1) is 8.16. The van der Waals surface area contributed by atoms with Crippen LogP contribution >= 0.6 is 0 Å². The van der Waals surface area contributed by atoms with Gasteiger partial charge in [-0.2, -0.15) is 0 Å². The summed E-state index contributed by atoms with van der Waals surface area (Å²) in [5, 5.41) is 3.03. The smallest absolute Gasteiger partial charge is 0.207 e. The van der Waals surface area contributed by atoms with Gasteiger partial charge in [0.15, 0.2) is 0 Å². The minimum absolute atomic E-state index is 0.176. The third-order valence-corrected chi connectivity index (χ3v) is 5.78. The van der Waals surface area contributed by atoms with Gasteiger partial charge in [-0.3, -0.25) is 4.79 Å². The molecule has 4 aliphatic rings. The van der Waals surface area contributed by atoms with E-state index in [2.05, 4.69) is 12.2 Å². The van der Waals surface area contributed by atoms with Crippen LogP contribution in [-0.4, -0.2) is 18.5 Å². The van der Waals surface area contributed by atoms with Gasteiger partial charge in [0, 0.05) is 6.54 Å². The molecule has 1 unspecified atom stereocenters. The summed E-state index contributed by atoms with van der Waals surface area (Å²) in [4.78, 5) is 10.8. The van der Waals surface area contributed by atoms with Gasteiger partial charge in [0.1, 0.15) is 0 Å². The van der Waals surface area contributed by atoms with Gasteiger partial charge in [-0.15, -0.1) is 0 Å². The van der Waals surface area contributed by atoms with E-state index in [0.717, 1.165) is 30.1 Å². The Morgan fingerprint density at radius 1 is 1.18 bits per heavy atom. The average Bonchev–Trinajstić information content (AvgIpc) is 2.27. The van der Waals surface area contributed by atoms with Crippen molar-refractivity contribution in [3.63, 3.8) is 0 Å². The molecule has 4 fully saturated rings. The maximum absolute atomic E-state index is 10.8. The number of hydrogen-bond donors (Lipinski definition) is 2. The maximum Gasteiger partial charge on any atom is 0.207 e. The normalized spacial score (nSPS) is 46.6. The van der Waals surface area contributed by atoms with E-state index in [0.29, 0.717) is 12.5 Å². The van der Waals surface area contributed by atoms with Crippen molar-refractivity contribution in [3.05, 3.63) is 0 Å². The van der Waals surface area contributed by atoms with Crippen molar-refractivity contribution in [2.45, 2.75) is 44.6 Å².